The summed E-state index contributed by atoms with van der Waals surface area (Å²) in [4.78, 5) is 2.38. The molecule has 0 aliphatic carbocycles. The smallest absolute Gasteiger partial charge is 0.160 e. The number of hydrogen-bond donors (Lipinski definition) is 2. The van der Waals surface area contributed by atoms with Gasteiger partial charge >= 0.3 is 0 Å². The molecule has 3 N–H and O–H groups in total. The number of nitrogens with zero attached hydrogens (tertiary/aromatic N) is 1. The average molecular weight is 236 g/mol. The van der Waals surface area contributed by atoms with Gasteiger partial charge in [-0.1, -0.05) is 6.07 Å². The van der Waals surface area contributed by atoms with Crippen LogP contribution in [0.15, 0.2) is 18.2 Å². The quantitative estimate of drug-likeness (QED) is 0.831. The molecule has 2 rings (SSSR count). The van der Waals surface area contributed by atoms with Gasteiger partial charge < -0.3 is 15.6 Å². The van der Waals surface area contributed by atoms with Crippen molar-refractivity contribution in [3.8, 4) is 11.5 Å². The zero-order valence-corrected chi connectivity index (χ0v) is 10.2. The lowest BCUT2D eigenvalue weighted by atomic mass is 10.0. The Morgan fingerprint density at radius 1 is 1.41 bits per heavy atom. The Labute approximate surface area is 102 Å². The Bertz CT molecular complexity index is 376. The number of aromatic hydroxyl groups is 1. The van der Waals surface area contributed by atoms with Crippen LogP contribution < -0.4 is 10.5 Å². The second kappa shape index (κ2) is 5.38. The van der Waals surface area contributed by atoms with Crippen molar-refractivity contribution >= 4 is 0 Å². The molecular formula is C13H20N2O2. The molecule has 0 amide bonds. The Morgan fingerprint density at radius 3 is 2.65 bits per heavy atom. The van der Waals surface area contributed by atoms with Gasteiger partial charge in [0.25, 0.3) is 0 Å². The highest BCUT2D eigenvalue weighted by Gasteiger charge is 2.22. The first kappa shape index (κ1) is 12.2. The second-order valence-corrected chi connectivity index (χ2v) is 4.43. The fourth-order valence-corrected chi connectivity index (χ4v) is 2.46. The van der Waals surface area contributed by atoms with Crippen LogP contribution in [0.2, 0.25) is 0 Å². The molecule has 1 atom stereocenters. The number of likely N-dealkylation sites (tertiary alicyclic amines) is 1. The number of ether oxygens (including phenoxy) is 1. The summed E-state index contributed by atoms with van der Waals surface area (Å²) in [6.07, 6.45) is 2.47. The van der Waals surface area contributed by atoms with Crippen LogP contribution in [-0.2, 0) is 0 Å². The van der Waals surface area contributed by atoms with Crippen molar-refractivity contribution < 1.29 is 9.84 Å². The molecular weight excluding hydrogens is 216 g/mol. The van der Waals surface area contributed by atoms with E-state index in [4.69, 9.17) is 10.5 Å². The highest BCUT2D eigenvalue weighted by molar-refractivity contribution is 5.42. The summed E-state index contributed by atoms with van der Waals surface area (Å²) in [5, 5.41) is 9.79. The molecule has 1 aromatic carbocycles. The van der Waals surface area contributed by atoms with Crippen molar-refractivity contribution in [3.05, 3.63) is 23.8 Å². The van der Waals surface area contributed by atoms with Gasteiger partial charge in [0.15, 0.2) is 11.5 Å². The minimum atomic E-state index is 0.183. The summed E-state index contributed by atoms with van der Waals surface area (Å²) in [6.45, 7) is 2.76. The summed E-state index contributed by atoms with van der Waals surface area (Å²) < 4.78 is 5.04. The SMILES string of the molecule is COc1ccc(C(CN)N2CCCC2)cc1O. The molecule has 1 aliphatic rings. The van der Waals surface area contributed by atoms with Gasteiger partial charge in [-0.2, -0.15) is 0 Å². The van der Waals surface area contributed by atoms with E-state index < -0.39 is 0 Å². The van der Waals surface area contributed by atoms with E-state index >= 15 is 0 Å². The maximum atomic E-state index is 9.79. The molecule has 0 aromatic heterocycles. The minimum absolute atomic E-state index is 0.183. The topological polar surface area (TPSA) is 58.7 Å². The van der Waals surface area contributed by atoms with Crippen molar-refractivity contribution in [1.29, 1.82) is 0 Å². The molecule has 94 valence electrons. The average Bonchev–Trinajstić information content (AvgIpc) is 2.84. The van der Waals surface area contributed by atoms with Crippen LogP contribution in [0.4, 0.5) is 0 Å². The maximum absolute atomic E-state index is 9.79. The van der Waals surface area contributed by atoms with Crippen LogP contribution in [0.3, 0.4) is 0 Å². The molecule has 4 heteroatoms. The molecule has 0 bridgehead atoms. The van der Waals surface area contributed by atoms with Gasteiger partial charge in [0.05, 0.1) is 7.11 Å². The second-order valence-electron chi connectivity index (χ2n) is 4.43. The van der Waals surface area contributed by atoms with Crippen molar-refractivity contribution in [1.82, 2.24) is 4.90 Å². The maximum Gasteiger partial charge on any atom is 0.160 e. The van der Waals surface area contributed by atoms with E-state index in [1.54, 1.807) is 19.2 Å². The summed E-state index contributed by atoms with van der Waals surface area (Å²) >= 11 is 0. The number of benzene rings is 1. The lowest BCUT2D eigenvalue weighted by Crippen LogP contribution is -2.31. The zero-order valence-electron chi connectivity index (χ0n) is 10.2. The van der Waals surface area contributed by atoms with Gasteiger partial charge in [-0.05, 0) is 43.6 Å². The first-order valence-electron chi connectivity index (χ1n) is 6.07. The first-order valence-corrected chi connectivity index (χ1v) is 6.07. The van der Waals surface area contributed by atoms with E-state index in [0.717, 1.165) is 18.7 Å². The summed E-state index contributed by atoms with van der Waals surface area (Å²) in [7, 11) is 1.55. The van der Waals surface area contributed by atoms with Gasteiger partial charge in [-0.15, -0.1) is 0 Å². The molecule has 1 heterocycles. The molecule has 1 saturated heterocycles. The Morgan fingerprint density at radius 2 is 2.12 bits per heavy atom. The summed E-state index contributed by atoms with van der Waals surface area (Å²) in [5.74, 6) is 0.689. The van der Waals surface area contributed by atoms with E-state index in [9.17, 15) is 5.11 Å². The van der Waals surface area contributed by atoms with Gasteiger partial charge in [0, 0.05) is 12.6 Å². The Hall–Kier alpha value is -1.26. The van der Waals surface area contributed by atoms with Crippen LogP contribution in [-0.4, -0.2) is 36.8 Å². The highest BCUT2D eigenvalue weighted by Crippen LogP contribution is 2.31. The first-order chi connectivity index (χ1) is 8.26. The van der Waals surface area contributed by atoms with Crippen LogP contribution >= 0.6 is 0 Å². The third kappa shape index (κ3) is 2.53. The molecule has 17 heavy (non-hydrogen) atoms. The van der Waals surface area contributed by atoms with E-state index in [0.29, 0.717) is 12.3 Å². The minimum Gasteiger partial charge on any atom is -0.504 e. The fourth-order valence-electron chi connectivity index (χ4n) is 2.46. The molecule has 0 saturated carbocycles. The number of phenolic OH excluding ortho intramolecular Hbond substituents is 1. The van der Waals surface area contributed by atoms with E-state index in [1.165, 1.54) is 12.8 Å². The van der Waals surface area contributed by atoms with Crippen LogP contribution in [0, 0.1) is 0 Å². The zero-order chi connectivity index (χ0) is 12.3. The molecule has 4 nitrogen and oxygen atoms in total. The van der Waals surface area contributed by atoms with Gasteiger partial charge in [0.2, 0.25) is 0 Å². The number of hydrogen-bond acceptors (Lipinski definition) is 4. The van der Waals surface area contributed by atoms with Gasteiger partial charge in [-0.25, -0.2) is 0 Å². The van der Waals surface area contributed by atoms with E-state index in [1.807, 2.05) is 6.07 Å². The lowest BCUT2D eigenvalue weighted by molar-refractivity contribution is 0.250. The Kier molecular flexibility index (Phi) is 3.86. The van der Waals surface area contributed by atoms with Gasteiger partial charge in [0.1, 0.15) is 0 Å². The van der Waals surface area contributed by atoms with Crippen LogP contribution in [0.1, 0.15) is 24.4 Å². The molecule has 1 aromatic rings. The summed E-state index contributed by atoms with van der Waals surface area (Å²) in [5.41, 5.74) is 6.91. The normalized spacial score (nSPS) is 18.2. The van der Waals surface area contributed by atoms with Crippen molar-refractivity contribution in [2.45, 2.75) is 18.9 Å². The standard InChI is InChI=1S/C13H20N2O2/c1-17-13-5-4-10(8-12(13)16)11(9-14)15-6-2-3-7-15/h4-5,8,11,16H,2-3,6-7,9,14H2,1H3. The van der Waals surface area contributed by atoms with Crippen molar-refractivity contribution in [3.63, 3.8) is 0 Å². The van der Waals surface area contributed by atoms with Crippen molar-refractivity contribution in [2.24, 2.45) is 5.73 Å². The number of phenols is 1. The molecule has 0 radical (unpaired) electrons. The number of rotatable bonds is 4. The fraction of sp³-hybridized carbons (Fsp3) is 0.538. The van der Waals surface area contributed by atoms with Gasteiger partial charge in [-0.3, -0.25) is 4.90 Å². The monoisotopic (exact) mass is 236 g/mol. The Balaban J connectivity index is 2.21. The largest absolute Gasteiger partial charge is 0.504 e. The molecule has 1 aliphatic heterocycles. The van der Waals surface area contributed by atoms with Crippen LogP contribution in [0.25, 0.3) is 0 Å². The van der Waals surface area contributed by atoms with Crippen molar-refractivity contribution in [2.75, 3.05) is 26.7 Å². The predicted octanol–water partition coefficient (Wildman–Crippen LogP) is 1.50. The molecule has 1 fully saturated rings. The molecule has 1 unspecified atom stereocenters. The number of methoxy groups -OCH3 is 1. The van der Waals surface area contributed by atoms with Crippen LogP contribution in [0.5, 0.6) is 11.5 Å². The highest BCUT2D eigenvalue weighted by atomic mass is 16.5. The van der Waals surface area contributed by atoms with E-state index in [-0.39, 0.29) is 11.8 Å². The van der Waals surface area contributed by atoms with E-state index in [2.05, 4.69) is 4.90 Å². The molecule has 0 spiro atoms. The predicted molar refractivity (Wildman–Crippen MR) is 67.3 cm³/mol. The summed E-state index contributed by atoms with van der Waals surface area (Å²) in [6, 6.07) is 5.74. The lowest BCUT2D eigenvalue weighted by Gasteiger charge is -2.26. The third-order valence-electron chi connectivity index (χ3n) is 3.39. The number of nitrogens with two attached hydrogens (primary N) is 1. The third-order valence-corrected chi connectivity index (χ3v) is 3.39.